The summed E-state index contributed by atoms with van der Waals surface area (Å²) in [6, 6.07) is 5.72. The Hall–Kier alpha value is 0.262. The number of nitrogens with zero attached hydrogens (tertiary/aromatic N) is 1. The van der Waals surface area contributed by atoms with Crippen LogP contribution < -0.4 is 24.8 Å². The molecule has 1 rings (SSSR count). The third-order valence-corrected chi connectivity index (χ3v) is 0.566. The smallest absolute Gasteiger partial charge is 0.0267 e. The van der Waals surface area contributed by atoms with E-state index in [1.54, 1.807) is 12.4 Å². The molecule has 0 fully saturated rings. The summed E-state index contributed by atoms with van der Waals surface area (Å²) in [5.41, 5.74) is 0. The Bertz CT molecular complexity index is 118. The normalized spacial score (nSPS) is 7.08. The van der Waals surface area contributed by atoms with E-state index < -0.39 is 0 Å². The second kappa shape index (κ2) is 13.8. The molecule has 12 heavy (non-hydrogen) atoms. The third kappa shape index (κ3) is 22.4. The first-order valence-corrected chi connectivity index (χ1v) is 4.00. The fraction of sp³-hybridized carbons (Fsp3) is 0.375. The number of hydrogen-bond donors (Lipinski definition) is 0. The van der Waals surface area contributed by atoms with Crippen molar-refractivity contribution in [2.24, 2.45) is 0 Å². The average Bonchev–Trinajstić information content (AvgIpc) is 1.90. The van der Waals surface area contributed by atoms with E-state index in [0.717, 1.165) is 4.78 Å². The second-order valence-electron chi connectivity index (χ2n) is 2.27. The van der Waals surface area contributed by atoms with Crippen molar-refractivity contribution in [2.75, 3.05) is 0 Å². The first-order valence-electron chi connectivity index (χ1n) is 3.34. The maximum atomic E-state index is 3.78. The van der Waals surface area contributed by atoms with E-state index in [0.29, 0.717) is 0 Å². The predicted octanol–water partition coefficient (Wildman–Crippen LogP) is -3.93. The Balaban J connectivity index is -0.000000124. The van der Waals surface area contributed by atoms with Crippen molar-refractivity contribution in [3.05, 3.63) is 30.6 Å². The van der Waals surface area contributed by atoms with Gasteiger partial charge in [0, 0.05) is 12.4 Å². The molecule has 0 spiro atoms. The molecule has 0 atom stereocenters. The Kier molecular flexibility index (Phi) is 20.9. The van der Waals surface area contributed by atoms with Crippen LogP contribution in [0.25, 0.3) is 0 Å². The fourth-order valence-corrected chi connectivity index (χ4v) is 0.313. The van der Waals surface area contributed by atoms with Gasteiger partial charge in [-0.15, -0.1) is 0 Å². The summed E-state index contributed by atoms with van der Waals surface area (Å²) in [6.07, 6.45) is 3.50. The molecule has 4 heteroatoms. The van der Waals surface area contributed by atoms with Crippen molar-refractivity contribution in [3.8, 4) is 0 Å². The zero-order chi connectivity index (χ0) is 7.82. The SMILES string of the molecule is C[CH](C)[Al+2].[Cl-].[Cl-].c1ccncc1. The van der Waals surface area contributed by atoms with Crippen LogP contribution in [0.3, 0.4) is 0 Å². The van der Waals surface area contributed by atoms with Crippen molar-refractivity contribution in [3.63, 3.8) is 0 Å². The second-order valence-corrected chi connectivity index (χ2v) is 3.60. The number of hydrogen-bond acceptors (Lipinski definition) is 1. The molecular formula is C8H12AlCl2N. The largest absolute Gasteiger partial charge is 1.00 e. The van der Waals surface area contributed by atoms with Gasteiger partial charge < -0.3 is 24.8 Å². The molecule has 1 heterocycles. The molecule has 0 aliphatic heterocycles. The molecule has 0 N–H and O–H groups in total. The monoisotopic (exact) mass is 219 g/mol. The molecule has 0 unspecified atom stereocenters. The quantitative estimate of drug-likeness (QED) is 0.407. The summed E-state index contributed by atoms with van der Waals surface area (Å²) in [5, 5.41) is 0. The molecule has 0 aliphatic carbocycles. The molecule has 0 amide bonds. The zero-order valence-electron chi connectivity index (χ0n) is 7.24. The van der Waals surface area contributed by atoms with Crippen molar-refractivity contribution in [2.45, 2.75) is 18.6 Å². The van der Waals surface area contributed by atoms with Crippen molar-refractivity contribution >= 4 is 16.3 Å². The Morgan fingerprint density at radius 3 is 1.42 bits per heavy atom. The molecular weight excluding hydrogens is 208 g/mol. The minimum Gasteiger partial charge on any atom is -1.00 e. The van der Waals surface area contributed by atoms with Crippen LogP contribution in [0.4, 0.5) is 0 Å². The summed E-state index contributed by atoms with van der Waals surface area (Å²) in [5.74, 6) is 0. The van der Waals surface area contributed by atoms with Gasteiger partial charge in [-0.2, -0.15) is 0 Å². The molecule has 1 aromatic rings. The van der Waals surface area contributed by atoms with Gasteiger partial charge >= 0.3 is 34.9 Å². The van der Waals surface area contributed by atoms with Gasteiger partial charge in [0.25, 0.3) is 0 Å². The maximum absolute atomic E-state index is 3.78. The molecule has 0 saturated carbocycles. The third-order valence-electron chi connectivity index (χ3n) is 0.566. The summed E-state index contributed by atoms with van der Waals surface area (Å²) < 4.78 is 0.750. The Morgan fingerprint density at radius 1 is 1.00 bits per heavy atom. The minimum atomic E-state index is 0. The van der Waals surface area contributed by atoms with Crippen LogP contribution in [0.5, 0.6) is 0 Å². The maximum Gasteiger partial charge on any atom is 0.0267 e. The zero-order valence-corrected chi connectivity index (χ0v) is 9.91. The fourth-order valence-electron chi connectivity index (χ4n) is 0.313. The van der Waals surface area contributed by atoms with Crippen LogP contribution in [-0.4, -0.2) is 21.3 Å². The van der Waals surface area contributed by atoms with E-state index in [9.17, 15) is 0 Å². The van der Waals surface area contributed by atoms with Crippen LogP contribution in [-0.2, 0) is 0 Å². The van der Waals surface area contributed by atoms with Crippen LogP contribution >= 0.6 is 0 Å². The molecule has 0 bridgehead atoms. The molecule has 66 valence electrons. The van der Waals surface area contributed by atoms with Gasteiger partial charge in [-0.3, -0.25) is 4.98 Å². The first kappa shape index (κ1) is 18.1. The summed E-state index contributed by atoms with van der Waals surface area (Å²) in [7, 11) is 0. The van der Waals surface area contributed by atoms with E-state index >= 15 is 0 Å². The van der Waals surface area contributed by atoms with Crippen molar-refractivity contribution in [1.29, 1.82) is 0 Å². The van der Waals surface area contributed by atoms with Crippen LogP contribution in [0.15, 0.2) is 30.6 Å². The van der Waals surface area contributed by atoms with Gasteiger partial charge in [0.2, 0.25) is 0 Å². The number of halogens is 2. The van der Waals surface area contributed by atoms with Gasteiger partial charge in [0.15, 0.2) is 0 Å². The van der Waals surface area contributed by atoms with Gasteiger partial charge in [-0.25, -0.2) is 0 Å². The molecule has 0 aromatic carbocycles. The van der Waals surface area contributed by atoms with Gasteiger partial charge in [0.05, 0.1) is 0 Å². The van der Waals surface area contributed by atoms with E-state index in [4.69, 9.17) is 0 Å². The molecule has 0 saturated heterocycles. The summed E-state index contributed by atoms with van der Waals surface area (Å²) >= 11 is 2.66. The topological polar surface area (TPSA) is 12.9 Å². The van der Waals surface area contributed by atoms with E-state index in [-0.39, 0.29) is 24.8 Å². The number of pyridine rings is 1. The minimum absolute atomic E-state index is 0. The average molecular weight is 220 g/mol. The number of aromatic nitrogens is 1. The van der Waals surface area contributed by atoms with E-state index in [1.807, 2.05) is 18.2 Å². The summed E-state index contributed by atoms with van der Waals surface area (Å²) in [4.78, 5) is 3.78. The van der Waals surface area contributed by atoms with Gasteiger partial charge in [-0.05, 0) is 12.1 Å². The van der Waals surface area contributed by atoms with Crippen molar-refractivity contribution in [1.82, 2.24) is 4.98 Å². The van der Waals surface area contributed by atoms with Crippen molar-refractivity contribution < 1.29 is 24.8 Å². The molecule has 1 nitrogen and oxygen atoms in total. The van der Waals surface area contributed by atoms with Gasteiger partial charge in [0.1, 0.15) is 0 Å². The standard InChI is InChI=1S/C5H5N.C3H7.Al.2ClH/c1-2-4-6-5-3-1;1-3-2;;;/h1-5H;3H,1-2H3;;2*1H/q;;+2;;/p-2. The Morgan fingerprint density at radius 2 is 1.33 bits per heavy atom. The molecule has 1 aromatic heterocycles. The van der Waals surface area contributed by atoms with Crippen LogP contribution in [0, 0.1) is 0 Å². The molecule has 0 radical (unpaired) electrons. The first-order chi connectivity index (χ1) is 4.73. The van der Waals surface area contributed by atoms with E-state index in [2.05, 4.69) is 35.1 Å². The number of rotatable bonds is 0. The molecule has 0 aliphatic rings. The predicted molar refractivity (Wildman–Crippen MR) is 45.1 cm³/mol. The van der Waals surface area contributed by atoms with E-state index in [1.165, 1.54) is 0 Å². The van der Waals surface area contributed by atoms with Gasteiger partial charge in [-0.1, -0.05) is 6.07 Å². The van der Waals surface area contributed by atoms with Crippen LogP contribution in [0.2, 0.25) is 4.78 Å². The summed E-state index contributed by atoms with van der Waals surface area (Å²) in [6.45, 7) is 4.26. The Labute approximate surface area is 95.2 Å². The van der Waals surface area contributed by atoms with Crippen LogP contribution in [0.1, 0.15) is 13.8 Å².